The second-order valence-corrected chi connectivity index (χ2v) is 9.57. The Morgan fingerprint density at radius 2 is 1.79 bits per heavy atom. The normalized spacial score (nSPS) is 13.7. The quantitative estimate of drug-likeness (QED) is 0.514. The summed E-state index contributed by atoms with van der Waals surface area (Å²) in [7, 11) is -3.64. The number of amides is 2. The second kappa shape index (κ2) is 9.51. The number of carbonyl (C=O) groups excluding carboxylic acids is 2. The molecule has 0 atom stereocenters. The minimum Gasteiger partial charge on any atom is -0.352 e. The van der Waals surface area contributed by atoms with Gasteiger partial charge in [0.2, 0.25) is 15.9 Å². The predicted molar refractivity (Wildman–Crippen MR) is 114 cm³/mol. The van der Waals surface area contributed by atoms with Crippen LogP contribution in [0.4, 0.5) is 5.69 Å². The molecule has 1 fully saturated rings. The number of sulfonamides is 1. The number of rotatable bonds is 9. The first-order valence-corrected chi connectivity index (χ1v) is 11.5. The van der Waals surface area contributed by atoms with E-state index in [1.165, 1.54) is 24.3 Å². The zero-order chi connectivity index (χ0) is 20.9. The van der Waals surface area contributed by atoms with Gasteiger partial charge in [-0.15, -0.1) is 0 Å². The number of halogens is 1. The van der Waals surface area contributed by atoms with Gasteiger partial charge in [0, 0.05) is 35.2 Å². The molecular formula is C20H22BrN3O4S. The highest BCUT2D eigenvalue weighted by Gasteiger charge is 2.24. The van der Waals surface area contributed by atoms with E-state index >= 15 is 0 Å². The number of carbonyl (C=O) groups is 2. The maximum Gasteiger partial charge on any atom is 0.251 e. The minimum absolute atomic E-state index is 0.0544. The number of benzene rings is 2. The number of nitrogens with one attached hydrogen (secondary N) is 3. The first kappa shape index (κ1) is 21.5. The van der Waals surface area contributed by atoms with Crippen molar-refractivity contribution in [3.63, 3.8) is 0 Å². The summed E-state index contributed by atoms with van der Waals surface area (Å²) in [6, 6.07) is 13.0. The summed E-state index contributed by atoms with van der Waals surface area (Å²) in [5.41, 5.74) is 0.897. The number of anilines is 1. The Morgan fingerprint density at radius 3 is 2.48 bits per heavy atom. The first-order valence-electron chi connectivity index (χ1n) is 9.27. The van der Waals surface area contributed by atoms with Crippen LogP contribution in [0.1, 0.15) is 29.6 Å². The van der Waals surface area contributed by atoms with Crippen molar-refractivity contribution in [1.82, 2.24) is 10.0 Å². The van der Waals surface area contributed by atoms with Gasteiger partial charge in [-0.2, -0.15) is 0 Å². The molecule has 1 saturated carbocycles. The van der Waals surface area contributed by atoms with Crippen molar-refractivity contribution in [3.8, 4) is 0 Å². The van der Waals surface area contributed by atoms with Gasteiger partial charge in [0.1, 0.15) is 0 Å². The molecule has 9 heteroatoms. The fourth-order valence-corrected chi connectivity index (χ4v) is 4.01. The fourth-order valence-electron chi connectivity index (χ4n) is 2.59. The molecule has 0 aliphatic heterocycles. The van der Waals surface area contributed by atoms with Gasteiger partial charge >= 0.3 is 0 Å². The zero-order valence-electron chi connectivity index (χ0n) is 15.7. The molecule has 0 bridgehead atoms. The molecule has 2 aromatic rings. The van der Waals surface area contributed by atoms with Crippen LogP contribution in [0.2, 0.25) is 0 Å². The van der Waals surface area contributed by atoms with Gasteiger partial charge in [-0.05, 0) is 61.2 Å². The third kappa shape index (κ3) is 6.66. The molecule has 0 heterocycles. The molecule has 2 amide bonds. The van der Waals surface area contributed by atoms with E-state index in [9.17, 15) is 18.0 Å². The van der Waals surface area contributed by atoms with Crippen LogP contribution in [0.25, 0.3) is 0 Å². The molecule has 1 aliphatic rings. The molecule has 154 valence electrons. The number of hydrogen-bond acceptors (Lipinski definition) is 4. The molecule has 0 aromatic heterocycles. The Bertz CT molecular complexity index is 989. The summed E-state index contributed by atoms with van der Waals surface area (Å²) in [5.74, 6) is -0.242. The van der Waals surface area contributed by atoms with E-state index in [1.54, 1.807) is 12.1 Å². The minimum atomic E-state index is -3.64. The average molecular weight is 480 g/mol. The molecule has 2 aromatic carbocycles. The summed E-state index contributed by atoms with van der Waals surface area (Å²) >= 11 is 3.32. The third-order valence-corrected chi connectivity index (χ3v) is 6.38. The van der Waals surface area contributed by atoms with Crippen LogP contribution in [0.15, 0.2) is 57.9 Å². The van der Waals surface area contributed by atoms with Crippen molar-refractivity contribution in [1.29, 1.82) is 0 Å². The lowest BCUT2D eigenvalue weighted by Crippen LogP contribution is -2.28. The largest absolute Gasteiger partial charge is 0.352 e. The lowest BCUT2D eigenvalue weighted by Gasteiger charge is -2.09. The highest BCUT2D eigenvalue weighted by atomic mass is 79.9. The monoisotopic (exact) mass is 479 g/mol. The second-order valence-electron chi connectivity index (χ2n) is 6.88. The lowest BCUT2D eigenvalue weighted by atomic mass is 10.2. The Labute approximate surface area is 178 Å². The van der Waals surface area contributed by atoms with Crippen LogP contribution in [-0.2, 0) is 14.8 Å². The Morgan fingerprint density at radius 1 is 1.07 bits per heavy atom. The van der Waals surface area contributed by atoms with Crippen LogP contribution in [0.5, 0.6) is 0 Å². The van der Waals surface area contributed by atoms with E-state index < -0.39 is 15.9 Å². The highest BCUT2D eigenvalue weighted by molar-refractivity contribution is 9.10. The third-order valence-electron chi connectivity index (χ3n) is 4.43. The average Bonchev–Trinajstić information content (AvgIpc) is 3.53. The van der Waals surface area contributed by atoms with E-state index in [0.29, 0.717) is 18.2 Å². The van der Waals surface area contributed by atoms with Crippen molar-refractivity contribution in [2.45, 2.75) is 24.2 Å². The number of hydrogen-bond donors (Lipinski definition) is 3. The molecule has 7 nitrogen and oxygen atoms in total. The van der Waals surface area contributed by atoms with E-state index in [0.717, 1.165) is 17.3 Å². The summed E-state index contributed by atoms with van der Waals surface area (Å²) in [6.07, 6.45) is 2.18. The van der Waals surface area contributed by atoms with Crippen molar-refractivity contribution in [3.05, 3.63) is 58.6 Å². The molecule has 29 heavy (non-hydrogen) atoms. The van der Waals surface area contributed by atoms with Gasteiger partial charge in [-0.1, -0.05) is 22.0 Å². The Balaban J connectivity index is 1.50. The molecule has 0 unspecified atom stereocenters. The first-order chi connectivity index (χ1) is 13.8. The van der Waals surface area contributed by atoms with Crippen molar-refractivity contribution in [2.75, 3.05) is 18.4 Å². The van der Waals surface area contributed by atoms with E-state index in [1.807, 2.05) is 12.1 Å². The van der Waals surface area contributed by atoms with Crippen molar-refractivity contribution in [2.24, 2.45) is 5.92 Å². The SMILES string of the molecule is O=C(CCNC(=O)c1cccc(S(=O)(=O)NCC2CC2)c1)Nc1ccc(Br)cc1. The van der Waals surface area contributed by atoms with E-state index in [2.05, 4.69) is 31.3 Å². The van der Waals surface area contributed by atoms with Gasteiger partial charge in [0.25, 0.3) is 5.91 Å². The van der Waals surface area contributed by atoms with E-state index in [4.69, 9.17) is 0 Å². The van der Waals surface area contributed by atoms with E-state index in [-0.39, 0.29) is 29.3 Å². The van der Waals surface area contributed by atoms with Crippen molar-refractivity contribution >= 4 is 43.5 Å². The molecule has 0 spiro atoms. The van der Waals surface area contributed by atoms with Crippen LogP contribution in [0, 0.1) is 5.92 Å². The molecule has 3 N–H and O–H groups in total. The van der Waals surface area contributed by atoms with Gasteiger partial charge in [0.15, 0.2) is 0 Å². The maximum atomic E-state index is 12.3. The van der Waals surface area contributed by atoms with Gasteiger partial charge in [-0.3, -0.25) is 9.59 Å². The standard InChI is InChI=1S/C20H22BrN3O4S/c21-16-6-8-17(9-7-16)24-19(25)10-11-22-20(26)15-2-1-3-18(12-15)29(27,28)23-13-14-4-5-14/h1-3,6-9,12,14,23H,4-5,10-11,13H2,(H,22,26)(H,24,25). The van der Waals surface area contributed by atoms with Crippen LogP contribution < -0.4 is 15.4 Å². The van der Waals surface area contributed by atoms with Gasteiger partial charge in [-0.25, -0.2) is 13.1 Å². The zero-order valence-corrected chi connectivity index (χ0v) is 18.1. The Kier molecular flexibility index (Phi) is 7.05. The van der Waals surface area contributed by atoms with Gasteiger partial charge in [0.05, 0.1) is 4.90 Å². The fraction of sp³-hybridized carbons (Fsp3) is 0.300. The summed E-state index contributed by atoms with van der Waals surface area (Å²) < 4.78 is 28.2. The van der Waals surface area contributed by atoms with Crippen LogP contribution >= 0.6 is 15.9 Å². The van der Waals surface area contributed by atoms with Crippen LogP contribution in [-0.4, -0.2) is 33.3 Å². The molecule has 1 aliphatic carbocycles. The predicted octanol–water partition coefficient (Wildman–Crippen LogP) is 2.90. The molecule has 3 rings (SSSR count). The smallest absolute Gasteiger partial charge is 0.251 e. The Hall–Kier alpha value is -2.23. The summed E-state index contributed by atoms with van der Waals surface area (Å²) in [6.45, 7) is 0.560. The van der Waals surface area contributed by atoms with Gasteiger partial charge < -0.3 is 10.6 Å². The highest BCUT2D eigenvalue weighted by Crippen LogP contribution is 2.28. The summed E-state index contributed by atoms with van der Waals surface area (Å²) in [4.78, 5) is 24.3. The molecule has 0 radical (unpaired) electrons. The topological polar surface area (TPSA) is 104 Å². The molecule has 0 saturated heterocycles. The van der Waals surface area contributed by atoms with Crippen molar-refractivity contribution < 1.29 is 18.0 Å². The summed E-state index contributed by atoms with van der Waals surface area (Å²) in [5, 5.41) is 5.38. The maximum absolute atomic E-state index is 12.3. The van der Waals surface area contributed by atoms with Crippen LogP contribution in [0.3, 0.4) is 0 Å². The lowest BCUT2D eigenvalue weighted by molar-refractivity contribution is -0.116. The molecular weight excluding hydrogens is 458 g/mol.